The highest BCUT2D eigenvalue weighted by Gasteiger charge is 2.16. The van der Waals surface area contributed by atoms with E-state index >= 15 is 0 Å². The van der Waals surface area contributed by atoms with Gasteiger partial charge in [-0.25, -0.2) is 4.79 Å². The van der Waals surface area contributed by atoms with Crippen LogP contribution in [-0.2, 0) is 9.53 Å². The highest BCUT2D eigenvalue weighted by molar-refractivity contribution is 7.99. The number of alkyl carbamates (subject to hydrolysis) is 1. The van der Waals surface area contributed by atoms with Gasteiger partial charge in [0.1, 0.15) is 5.60 Å². The van der Waals surface area contributed by atoms with Crippen LogP contribution in [-0.4, -0.2) is 41.7 Å². The van der Waals surface area contributed by atoms with Crippen LogP contribution in [0.4, 0.5) is 4.79 Å². The molecule has 1 saturated carbocycles. The molecule has 0 aromatic carbocycles. The molecule has 0 aromatic rings. The molecule has 6 heteroatoms. The van der Waals surface area contributed by atoms with Crippen molar-refractivity contribution in [3.05, 3.63) is 0 Å². The molecule has 27 heavy (non-hydrogen) atoms. The summed E-state index contributed by atoms with van der Waals surface area (Å²) in [5.74, 6) is 1.28. The molecule has 1 rings (SSSR count). The lowest BCUT2D eigenvalue weighted by Gasteiger charge is -2.20. The van der Waals surface area contributed by atoms with E-state index in [4.69, 9.17) is 4.74 Å². The SMILES string of the molecule is CC(C)(C)OC(=O)NCCSCC(=O)NC1CCCCCCCCCCC1. The van der Waals surface area contributed by atoms with Gasteiger partial charge in [-0.1, -0.05) is 57.8 Å². The van der Waals surface area contributed by atoms with E-state index in [1.807, 2.05) is 20.8 Å². The molecule has 1 aliphatic rings. The third-order valence-corrected chi connectivity index (χ3v) is 5.58. The fourth-order valence-corrected chi connectivity index (χ4v) is 3.94. The van der Waals surface area contributed by atoms with Crippen LogP contribution >= 0.6 is 11.8 Å². The lowest BCUT2D eigenvalue weighted by molar-refractivity contribution is -0.119. The third-order valence-electron chi connectivity index (χ3n) is 4.62. The molecule has 2 N–H and O–H groups in total. The minimum absolute atomic E-state index is 0.120. The van der Waals surface area contributed by atoms with E-state index in [0.29, 0.717) is 24.1 Å². The molecule has 0 unspecified atom stereocenters. The number of hydrogen-bond donors (Lipinski definition) is 2. The van der Waals surface area contributed by atoms with Crippen molar-refractivity contribution in [3.8, 4) is 0 Å². The van der Waals surface area contributed by atoms with Gasteiger partial charge < -0.3 is 15.4 Å². The molecule has 5 nitrogen and oxygen atoms in total. The highest BCUT2D eigenvalue weighted by Crippen LogP contribution is 2.17. The molecule has 2 amide bonds. The minimum atomic E-state index is -0.481. The van der Waals surface area contributed by atoms with Crippen LogP contribution in [0.2, 0.25) is 0 Å². The first-order chi connectivity index (χ1) is 12.9. The van der Waals surface area contributed by atoms with Crippen LogP contribution in [0.3, 0.4) is 0 Å². The first-order valence-corrected chi connectivity index (χ1v) is 11.9. The summed E-state index contributed by atoms with van der Waals surface area (Å²) in [6, 6.07) is 0.331. The van der Waals surface area contributed by atoms with Gasteiger partial charge in [0.2, 0.25) is 5.91 Å². The predicted molar refractivity (Wildman–Crippen MR) is 114 cm³/mol. The molecule has 1 aliphatic carbocycles. The monoisotopic (exact) mass is 400 g/mol. The van der Waals surface area contributed by atoms with Crippen molar-refractivity contribution in [3.63, 3.8) is 0 Å². The molecular weight excluding hydrogens is 360 g/mol. The van der Waals surface area contributed by atoms with Crippen molar-refractivity contribution in [1.29, 1.82) is 0 Å². The van der Waals surface area contributed by atoms with Crippen molar-refractivity contribution in [2.75, 3.05) is 18.1 Å². The summed E-state index contributed by atoms with van der Waals surface area (Å²) >= 11 is 1.55. The van der Waals surface area contributed by atoms with E-state index in [9.17, 15) is 9.59 Å². The lowest BCUT2D eigenvalue weighted by Crippen LogP contribution is -2.36. The van der Waals surface area contributed by atoms with Gasteiger partial charge >= 0.3 is 6.09 Å². The smallest absolute Gasteiger partial charge is 0.407 e. The molecule has 0 spiro atoms. The van der Waals surface area contributed by atoms with Crippen molar-refractivity contribution < 1.29 is 14.3 Å². The van der Waals surface area contributed by atoms with Gasteiger partial charge in [0.15, 0.2) is 0 Å². The standard InChI is InChI=1S/C21H40N2O3S/c1-21(2,3)26-20(25)22-15-16-27-17-19(24)23-18-13-11-9-7-5-4-6-8-10-12-14-18/h18H,4-17H2,1-3H3,(H,22,25)(H,23,24). The maximum absolute atomic E-state index is 12.2. The number of amides is 2. The maximum Gasteiger partial charge on any atom is 0.407 e. The summed E-state index contributed by atoms with van der Waals surface area (Å²) in [5, 5.41) is 5.95. The van der Waals surface area contributed by atoms with Crippen molar-refractivity contribution in [1.82, 2.24) is 10.6 Å². The first kappa shape index (κ1) is 24.1. The normalized spacial score (nSPS) is 18.0. The Bertz CT molecular complexity index is 412. The Morgan fingerprint density at radius 3 is 1.96 bits per heavy atom. The van der Waals surface area contributed by atoms with Gasteiger partial charge in [0.25, 0.3) is 0 Å². The van der Waals surface area contributed by atoms with E-state index < -0.39 is 11.7 Å². The van der Waals surface area contributed by atoms with Crippen LogP contribution in [0.25, 0.3) is 0 Å². The Morgan fingerprint density at radius 2 is 1.44 bits per heavy atom. The molecular formula is C21H40N2O3S. The molecule has 0 radical (unpaired) electrons. The van der Waals surface area contributed by atoms with Crippen molar-refractivity contribution in [2.24, 2.45) is 0 Å². The van der Waals surface area contributed by atoms with E-state index in [-0.39, 0.29) is 5.91 Å². The molecule has 0 heterocycles. The summed E-state index contributed by atoms with van der Waals surface area (Å²) in [6.07, 6.45) is 13.6. The first-order valence-electron chi connectivity index (χ1n) is 10.7. The van der Waals surface area contributed by atoms with Crippen LogP contribution < -0.4 is 10.6 Å². The molecule has 1 fully saturated rings. The summed E-state index contributed by atoms with van der Waals surface area (Å²) in [5.41, 5.74) is -0.481. The average molecular weight is 401 g/mol. The number of thioether (sulfide) groups is 1. The van der Waals surface area contributed by atoms with Crippen molar-refractivity contribution in [2.45, 2.75) is 103 Å². The zero-order valence-corrected chi connectivity index (χ0v) is 18.4. The summed E-state index contributed by atoms with van der Waals surface area (Å²) < 4.78 is 5.19. The number of rotatable bonds is 6. The summed E-state index contributed by atoms with van der Waals surface area (Å²) in [4.78, 5) is 23.8. The van der Waals surface area contributed by atoms with Gasteiger partial charge in [-0.2, -0.15) is 11.8 Å². The van der Waals surface area contributed by atoms with Crippen LogP contribution in [0.5, 0.6) is 0 Å². The Morgan fingerprint density at radius 1 is 0.926 bits per heavy atom. The van der Waals surface area contributed by atoms with E-state index in [2.05, 4.69) is 10.6 Å². The molecule has 0 saturated heterocycles. The summed E-state index contributed by atoms with van der Waals surface area (Å²) in [7, 11) is 0. The second-order valence-corrected chi connectivity index (χ2v) is 9.61. The van der Waals surface area contributed by atoms with Crippen LogP contribution in [0.1, 0.15) is 91.4 Å². The Hall–Kier alpha value is -0.910. The maximum atomic E-state index is 12.2. The summed E-state index contributed by atoms with van der Waals surface area (Å²) in [6.45, 7) is 6.03. The van der Waals surface area contributed by atoms with Crippen molar-refractivity contribution >= 4 is 23.8 Å². The molecule has 0 atom stereocenters. The zero-order chi connectivity index (χ0) is 20.0. The number of ether oxygens (including phenoxy) is 1. The topological polar surface area (TPSA) is 67.4 Å². The average Bonchev–Trinajstić information content (AvgIpc) is 2.55. The zero-order valence-electron chi connectivity index (χ0n) is 17.6. The highest BCUT2D eigenvalue weighted by atomic mass is 32.2. The largest absolute Gasteiger partial charge is 0.444 e. The van der Waals surface area contributed by atoms with Gasteiger partial charge in [0.05, 0.1) is 5.75 Å². The lowest BCUT2D eigenvalue weighted by atomic mass is 9.98. The number of carbonyl (C=O) groups is 2. The number of hydrogen-bond acceptors (Lipinski definition) is 4. The molecule has 158 valence electrons. The Balaban J connectivity index is 2.16. The van der Waals surface area contributed by atoms with Gasteiger partial charge in [-0.15, -0.1) is 0 Å². The Labute approximate surface area is 170 Å². The molecule has 0 bridgehead atoms. The Kier molecular flexibility index (Phi) is 12.6. The predicted octanol–water partition coefficient (Wildman–Crippen LogP) is 5.03. The molecule has 0 aliphatic heterocycles. The third kappa shape index (κ3) is 14.8. The van der Waals surface area contributed by atoms with E-state index in [0.717, 1.165) is 12.8 Å². The molecule has 0 aromatic heterocycles. The van der Waals surface area contributed by atoms with Gasteiger partial charge in [-0.05, 0) is 33.6 Å². The fraction of sp³-hybridized carbons (Fsp3) is 0.905. The quantitative estimate of drug-likeness (QED) is 0.613. The number of carbonyl (C=O) groups excluding carboxylic acids is 2. The second-order valence-electron chi connectivity index (χ2n) is 8.51. The fourth-order valence-electron chi connectivity index (χ4n) is 3.28. The van der Waals surface area contributed by atoms with Gasteiger partial charge in [0, 0.05) is 18.3 Å². The second kappa shape index (κ2) is 14.1. The van der Waals surface area contributed by atoms with Gasteiger partial charge in [-0.3, -0.25) is 4.79 Å². The number of nitrogens with one attached hydrogen (secondary N) is 2. The minimum Gasteiger partial charge on any atom is -0.444 e. The van der Waals surface area contributed by atoms with E-state index in [1.165, 1.54) is 57.8 Å². The van der Waals surface area contributed by atoms with Crippen LogP contribution in [0.15, 0.2) is 0 Å². The van der Waals surface area contributed by atoms with E-state index in [1.54, 1.807) is 11.8 Å². The van der Waals surface area contributed by atoms with Crippen LogP contribution in [0, 0.1) is 0 Å².